The smallest absolute Gasteiger partial charge is 0.147 e. The van der Waals surface area contributed by atoms with Crippen molar-refractivity contribution in [3.63, 3.8) is 0 Å². The van der Waals surface area contributed by atoms with Crippen molar-refractivity contribution in [1.29, 1.82) is 0 Å². The molecule has 0 unspecified atom stereocenters. The molecule has 0 aromatic carbocycles. The first-order valence-corrected chi connectivity index (χ1v) is 4.63. The van der Waals surface area contributed by atoms with E-state index in [1.165, 1.54) is 0 Å². The molecule has 1 atom stereocenters. The highest BCUT2D eigenvalue weighted by molar-refractivity contribution is 5.35. The van der Waals surface area contributed by atoms with Crippen LogP contribution in [0.15, 0.2) is 18.6 Å². The summed E-state index contributed by atoms with van der Waals surface area (Å²) in [6, 6.07) is 0.288. The Morgan fingerprint density at radius 2 is 2.38 bits per heavy atom. The normalized spacial score (nSPS) is 23.2. The third kappa shape index (κ3) is 1.95. The zero-order valence-electron chi connectivity index (χ0n) is 7.56. The van der Waals surface area contributed by atoms with Crippen LogP contribution in [0.1, 0.15) is 12.8 Å². The van der Waals surface area contributed by atoms with Crippen molar-refractivity contribution in [1.82, 2.24) is 9.97 Å². The van der Waals surface area contributed by atoms with Gasteiger partial charge in [0.2, 0.25) is 0 Å². The number of aromatic nitrogens is 2. The number of piperidine rings is 1. The molecule has 1 saturated heterocycles. The summed E-state index contributed by atoms with van der Waals surface area (Å²) < 4.78 is 0. The van der Waals surface area contributed by atoms with Crippen LogP contribution in [-0.4, -0.2) is 29.1 Å². The van der Waals surface area contributed by atoms with Crippen molar-refractivity contribution in [2.75, 3.05) is 18.0 Å². The molecule has 0 radical (unpaired) electrons. The van der Waals surface area contributed by atoms with Crippen LogP contribution in [0.5, 0.6) is 0 Å². The molecule has 0 saturated carbocycles. The van der Waals surface area contributed by atoms with Gasteiger partial charge in [0.1, 0.15) is 5.82 Å². The van der Waals surface area contributed by atoms with E-state index in [0.717, 1.165) is 31.7 Å². The van der Waals surface area contributed by atoms with E-state index >= 15 is 0 Å². The molecule has 1 aromatic heterocycles. The molecule has 4 heteroatoms. The standard InChI is InChI=1S/C9H14N4/c10-8-2-1-5-13(7-8)9-6-11-3-4-12-9/h3-4,6,8H,1-2,5,7,10H2/t8-/m0/s1. The average molecular weight is 178 g/mol. The molecular weight excluding hydrogens is 164 g/mol. The summed E-state index contributed by atoms with van der Waals surface area (Å²) in [5, 5.41) is 0. The summed E-state index contributed by atoms with van der Waals surface area (Å²) in [6.07, 6.45) is 7.47. The van der Waals surface area contributed by atoms with Crippen molar-refractivity contribution in [3.05, 3.63) is 18.6 Å². The molecule has 1 aromatic rings. The minimum absolute atomic E-state index is 0.288. The van der Waals surface area contributed by atoms with E-state index < -0.39 is 0 Å². The highest BCUT2D eigenvalue weighted by Gasteiger charge is 2.17. The van der Waals surface area contributed by atoms with Crippen LogP contribution in [0.25, 0.3) is 0 Å². The number of hydrogen-bond acceptors (Lipinski definition) is 4. The van der Waals surface area contributed by atoms with Gasteiger partial charge in [0.25, 0.3) is 0 Å². The second-order valence-corrected chi connectivity index (χ2v) is 3.41. The lowest BCUT2D eigenvalue weighted by Gasteiger charge is -2.31. The van der Waals surface area contributed by atoms with E-state index in [0.29, 0.717) is 0 Å². The predicted octanol–water partition coefficient (Wildman–Crippen LogP) is 0.404. The van der Waals surface area contributed by atoms with Gasteiger partial charge in [0, 0.05) is 31.5 Å². The zero-order chi connectivity index (χ0) is 9.10. The summed E-state index contributed by atoms with van der Waals surface area (Å²) in [5.74, 6) is 0.942. The van der Waals surface area contributed by atoms with Gasteiger partial charge in [-0.1, -0.05) is 0 Å². The molecule has 13 heavy (non-hydrogen) atoms. The second kappa shape index (κ2) is 3.70. The maximum Gasteiger partial charge on any atom is 0.147 e. The number of hydrogen-bond donors (Lipinski definition) is 1. The SMILES string of the molecule is N[C@H]1CCCN(c2cnccn2)C1. The van der Waals surface area contributed by atoms with E-state index in [1.807, 2.05) is 0 Å². The van der Waals surface area contributed by atoms with Gasteiger partial charge in [-0.3, -0.25) is 4.98 Å². The molecule has 0 aliphatic carbocycles. The van der Waals surface area contributed by atoms with Crippen LogP contribution in [0.2, 0.25) is 0 Å². The molecule has 0 spiro atoms. The lowest BCUT2D eigenvalue weighted by Crippen LogP contribution is -2.43. The topological polar surface area (TPSA) is 55.0 Å². The highest BCUT2D eigenvalue weighted by Crippen LogP contribution is 2.14. The van der Waals surface area contributed by atoms with E-state index in [-0.39, 0.29) is 6.04 Å². The van der Waals surface area contributed by atoms with Gasteiger partial charge >= 0.3 is 0 Å². The molecule has 2 heterocycles. The van der Waals surface area contributed by atoms with Gasteiger partial charge in [-0.15, -0.1) is 0 Å². The fourth-order valence-corrected chi connectivity index (χ4v) is 1.67. The molecule has 1 fully saturated rings. The first-order valence-electron chi connectivity index (χ1n) is 4.63. The lowest BCUT2D eigenvalue weighted by atomic mass is 10.1. The molecule has 4 nitrogen and oxygen atoms in total. The Kier molecular flexibility index (Phi) is 2.40. The maximum atomic E-state index is 5.87. The van der Waals surface area contributed by atoms with Gasteiger partial charge in [-0.25, -0.2) is 4.98 Å². The van der Waals surface area contributed by atoms with Crippen molar-refractivity contribution in [2.45, 2.75) is 18.9 Å². The second-order valence-electron chi connectivity index (χ2n) is 3.41. The lowest BCUT2D eigenvalue weighted by molar-refractivity contribution is 0.503. The van der Waals surface area contributed by atoms with Crippen LogP contribution in [-0.2, 0) is 0 Å². The fourth-order valence-electron chi connectivity index (χ4n) is 1.67. The van der Waals surface area contributed by atoms with E-state index in [9.17, 15) is 0 Å². The number of anilines is 1. The molecule has 70 valence electrons. The Bertz CT molecular complexity index is 262. The Morgan fingerprint density at radius 1 is 1.46 bits per heavy atom. The van der Waals surface area contributed by atoms with Crippen molar-refractivity contribution in [2.24, 2.45) is 5.73 Å². The monoisotopic (exact) mass is 178 g/mol. The predicted molar refractivity (Wildman–Crippen MR) is 51.5 cm³/mol. The fraction of sp³-hybridized carbons (Fsp3) is 0.556. The highest BCUT2D eigenvalue weighted by atomic mass is 15.2. The molecule has 0 bridgehead atoms. The molecule has 1 aliphatic rings. The van der Waals surface area contributed by atoms with Crippen LogP contribution in [0, 0.1) is 0 Å². The van der Waals surface area contributed by atoms with E-state index in [1.54, 1.807) is 18.6 Å². The minimum Gasteiger partial charge on any atom is -0.354 e. The Morgan fingerprint density at radius 3 is 3.08 bits per heavy atom. The van der Waals surface area contributed by atoms with Crippen molar-refractivity contribution in [3.8, 4) is 0 Å². The summed E-state index contributed by atoms with van der Waals surface area (Å²) >= 11 is 0. The van der Waals surface area contributed by atoms with Crippen LogP contribution in [0.4, 0.5) is 5.82 Å². The van der Waals surface area contributed by atoms with Gasteiger partial charge in [-0.2, -0.15) is 0 Å². The molecule has 0 amide bonds. The Hall–Kier alpha value is -1.16. The van der Waals surface area contributed by atoms with Crippen LogP contribution < -0.4 is 10.6 Å². The largest absolute Gasteiger partial charge is 0.354 e. The zero-order valence-corrected chi connectivity index (χ0v) is 7.56. The van der Waals surface area contributed by atoms with Crippen molar-refractivity contribution >= 4 is 5.82 Å². The number of nitrogens with zero attached hydrogens (tertiary/aromatic N) is 3. The van der Waals surface area contributed by atoms with Crippen LogP contribution in [0.3, 0.4) is 0 Å². The van der Waals surface area contributed by atoms with Gasteiger partial charge in [-0.05, 0) is 12.8 Å². The summed E-state index contributed by atoms with van der Waals surface area (Å²) in [4.78, 5) is 10.5. The van der Waals surface area contributed by atoms with E-state index in [2.05, 4.69) is 14.9 Å². The van der Waals surface area contributed by atoms with Gasteiger partial charge in [0.05, 0.1) is 6.20 Å². The third-order valence-electron chi connectivity index (χ3n) is 2.33. The Balaban J connectivity index is 2.08. The first-order chi connectivity index (χ1) is 6.36. The molecule has 2 rings (SSSR count). The van der Waals surface area contributed by atoms with Gasteiger partial charge < -0.3 is 10.6 Å². The summed E-state index contributed by atoms with van der Waals surface area (Å²) in [6.45, 7) is 1.95. The molecule has 2 N–H and O–H groups in total. The molecule has 1 aliphatic heterocycles. The van der Waals surface area contributed by atoms with E-state index in [4.69, 9.17) is 5.73 Å². The quantitative estimate of drug-likeness (QED) is 0.676. The summed E-state index contributed by atoms with van der Waals surface area (Å²) in [5.41, 5.74) is 5.87. The van der Waals surface area contributed by atoms with Crippen LogP contribution >= 0.6 is 0 Å². The summed E-state index contributed by atoms with van der Waals surface area (Å²) in [7, 11) is 0. The first kappa shape index (κ1) is 8.44. The van der Waals surface area contributed by atoms with Gasteiger partial charge in [0.15, 0.2) is 0 Å². The maximum absolute atomic E-state index is 5.87. The average Bonchev–Trinajstić information content (AvgIpc) is 2.19. The number of rotatable bonds is 1. The molecular formula is C9H14N4. The number of nitrogens with two attached hydrogens (primary N) is 1. The Labute approximate surface area is 77.8 Å². The van der Waals surface area contributed by atoms with Crippen molar-refractivity contribution < 1.29 is 0 Å². The third-order valence-corrected chi connectivity index (χ3v) is 2.33. The minimum atomic E-state index is 0.288.